The third-order valence-corrected chi connectivity index (χ3v) is 7.08. The third kappa shape index (κ3) is 7.70. The average molecular weight is 410 g/mol. The fraction of sp³-hybridized carbons (Fsp3) is 0.421. The van der Waals surface area contributed by atoms with Crippen LogP contribution in [0.25, 0.3) is 0 Å². The Kier molecular flexibility index (Phi) is 8.77. The molecule has 6 nitrogen and oxygen atoms in total. The van der Waals surface area contributed by atoms with E-state index in [-0.39, 0.29) is 16.5 Å². The fourth-order valence-corrected chi connectivity index (χ4v) is 4.98. The molecule has 0 bridgehead atoms. The largest absolute Gasteiger partial charge is 0.390 e. The highest BCUT2D eigenvalue weighted by molar-refractivity contribution is 7.93. The van der Waals surface area contributed by atoms with Crippen LogP contribution < -0.4 is 10.6 Å². The van der Waals surface area contributed by atoms with E-state index in [1.807, 2.05) is 25.1 Å². The van der Waals surface area contributed by atoms with Gasteiger partial charge in [0, 0.05) is 13.1 Å². The standard InChI is InChI=1S/C19H27N3O3S2/c1-2-20-19(21-12-6-10-16-8-4-3-5-9-16)22-14-17(23)15-27(24,25)18-11-7-13-26-18/h3-5,7-9,11,13,17,23H,2,6,10,12,14-15H2,1H3,(H2,20,21,22). The van der Waals surface area contributed by atoms with Crippen molar-refractivity contribution >= 4 is 27.1 Å². The highest BCUT2D eigenvalue weighted by atomic mass is 32.2. The summed E-state index contributed by atoms with van der Waals surface area (Å²) in [6.45, 7) is 3.41. The minimum atomic E-state index is -3.47. The number of rotatable bonds is 10. The van der Waals surface area contributed by atoms with Crippen LogP contribution >= 0.6 is 11.3 Å². The van der Waals surface area contributed by atoms with Crippen molar-refractivity contribution in [3.05, 3.63) is 53.4 Å². The van der Waals surface area contributed by atoms with Crippen molar-refractivity contribution in [3.8, 4) is 0 Å². The number of benzene rings is 1. The first kappa shape index (κ1) is 21.4. The molecule has 1 unspecified atom stereocenters. The van der Waals surface area contributed by atoms with Crippen LogP contribution in [0.5, 0.6) is 0 Å². The molecule has 148 valence electrons. The molecule has 27 heavy (non-hydrogen) atoms. The molecule has 1 aromatic heterocycles. The Morgan fingerprint density at radius 1 is 1.19 bits per heavy atom. The smallest absolute Gasteiger partial charge is 0.191 e. The lowest BCUT2D eigenvalue weighted by molar-refractivity contribution is 0.206. The number of guanidine groups is 1. The first-order valence-electron chi connectivity index (χ1n) is 9.01. The van der Waals surface area contributed by atoms with E-state index in [1.54, 1.807) is 17.5 Å². The van der Waals surface area contributed by atoms with E-state index in [2.05, 4.69) is 27.8 Å². The summed E-state index contributed by atoms with van der Waals surface area (Å²) < 4.78 is 24.7. The topological polar surface area (TPSA) is 90.8 Å². The summed E-state index contributed by atoms with van der Waals surface area (Å²) in [6.07, 6.45) is 0.871. The maximum Gasteiger partial charge on any atom is 0.191 e. The summed E-state index contributed by atoms with van der Waals surface area (Å²) >= 11 is 1.16. The van der Waals surface area contributed by atoms with Crippen molar-refractivity contribution in [2.45, 2.75) is 30.1 Å². The number of aliphatic imine (C=N–C) groups is 1. The van der Waals surface area contributed by atoms with Gasteiger partial charge in [-0.2, -0.15) is 0 Å². The molecule has 3 N–H and O–H groups in total. The number of thiophene rings is 1. The Bertz CT molecular complexity index is 791. The molecule has 0 aliphatic rings. The molecule has 2 rings (SSSR count). The van der Waals surface area contributed by atoms with Crippen LogP contribution in [-0.4, -0.2) is 51.0 Å². The summed E-state index contributed by atoms with van der Waals surface area (Å²) in [7, 11) is -3.47. The van der Waals surface area contributed by atoms with E-state index in [0.29, 0.717) is 12.5 Å². The van der Waals surface area contributed by atoms with E-state index in [9.17, 15) is 13.5 Å². The highest BCUT2D eigenvalue weighted by Crippen LogP contribution is 2.18. The predicted octanol–water partition coefficient (Wildman–Crippen LogP) is 2.07. The van der Waals surface area contributed by atoms with E-state index in [1.165, 1.54) is 5.56 Å². The number of aryl methyl sites for hydroxylation is 1. The second-order valence-electron chi connectivity index (χ2n) is 6.10. The minimum Gasteiger partial charge on any atom is -0.390 e. The van der Waals surface area contributed by atoms with Gasteiger partial charge in [0.05, 0.1) is 18.4 Å². The summed E-state index contributed by atoms with van der Waals surface area (Å²) in [6, 6.07) is 13.5. The molecule has 1 atom stereocenters. The number of hydrogen-bond acceptors (Lipinski definition) is 5. The number of sulfone groups is 1. The van der Waals surface area contributed by atoms with E-state index >= 15 is 0 Å². The van der Waals surface area contributed by atoms with Crippen molar-refractivity contribution in [3.63, 3.8) is 0 Å². The first-order chi connectivity index (χ1) is 13.0. The molecule has 0 aliphatic carbocycles. The van der Waals surface area contributed by atoms with Crippen LogP contribution in [0.15, 0.2) is 57.0 Å². The SMILES string of the molecule is CCNC(=NCC(O)CS(=O)(=O)c1cccs1)NCCCc1ccccc1. The second kappa shape index (κ2) is 11.1. The van der Waals surface area contributed by atoms with Crippen LogP contribution in [0.3, 0.4) is 0 Å². The van der Waals surface area contributed by atoms with Crippen molar-refractivity contribution in [2.24, 2.45) is 4.99 Å². The van der Waals surface area contributed by atoms with Gasteiger partial charge in [-0.05, 0) is 36.8 Å². The lowest BCUT2D eigenvalue weighted by Crippen LogP contribution is -2.39. The van der Waals surface area contributed by atoms with Gasteiger partial charge in [-0.3, -0.25) is 4.99 Å². The number of nitrogens with one attached hydrogen (secondary N) is 2. The molecular formula is C19H27N3O3S2. The number of aliphatic hydroxyl groups is 1. The van der Waals surface area contributed by atoms with E-state index in [4.69, 9.17) is 0 Å². The van der Waals surface area contributed by atoms with Crippen LogP contribution in [-0.2, 0) is 16.3 Å². The predicted molar refractivity (Wildman–Crippen MR) is 111 cm³/mol. The molecule has 0 radical (unpaired) electrons. The van der Waals surface area contributed by atoms with E-state index in [0.717, 1.165) is 30.7 Å². The zero-order valence-electron chi connectivity index (χ0n) is 15.5. The van der Waals surface area contributed by atoms with Crippen molar-refractivity contribution in [1.29, 1.82) is 0 Å². The lowest BCUT2D eigenvalue weighted by Gasteiger charge is -2.13. The average Bonchev–Trinajstić information content (AvgIpc) is 3.19. The van der Waals surface area contributed by atoms with Gasteiger partial charge in [-0.1, -0.05) is 36.4 Å². The maximum atomic E-state index is 12.2. The van der Waals surface area contributed by atoms with Crippen molar-refractivity contribution in [1.82, 2.24) is 10.6 Å². The molecule has 1 heterocycles. The minimum absolute atomic E-state index is 0.0264. The van der Waals surface area contributed by atoms with Crippen LogP contribution in [0.2, 0.25) is 0 Å². The number of hydrogen-bond donors (Lipinski definition) is 3. The molecule has 0 fully saturated rings. The van der Waals surface area contributed by atoms with Gasteiger partial charge in [0.1, 0.15) is 4.21 Å². The Hall–Kier alpha value is -1.90. The Morgan fingerprint density at radius 2 is 1.96 bits per heavy atom. The highest BCUT2D eigenvalue weighted by Gasteiger charge is 2.20. The molecule has 0 spiro atoms. The monoisotopic (exact) mass is 409 g/mol. The van der Waals surface area contributed by atoms with Gasteiger partial charge in [0.25, 0.3) is 0 Å². The normalized spacial score (nSPS) is 13.3. The fourth-order valence-electron chi connectivity index (χ4n) is 2.51. The quantitative estimate of drug-likeness (QED) is 0.317. The zero-order chi connectivity index (χ0) is 19.5. The van der Waals surface area contributed by atoms with Crippen LogP contribution in [0.1, 0.15) is 18.9 Å². The maximum absolute atomic E-state index is 12.2. The zero-order valence-corrected chi connectivity index (χ0v) is 17.1. The summed E-state index contributed by atoms with van der Waals surface area (Å²) in [4.78, 5) is 4.31. The molecule has 2 aromatic rings. The third-order valence-electron chi connectivity index (χ3n) is 3.80. The van der Waals surface area contributed by atoms with Crippen LogP contribution in [0.4, 0.5) is 0 Å². The Labute approximate surface area is 165 Å². The van der Waals surface area contributed by atoms with Gasteiger partial charge in [0.2, 0.25) is 0 Å². The molecule has 1 aromatic carbocycles. The molecule has 0 amide bonds. The lowest BCUT2D eigenvalue weighted by atomic mass is 10.1. The number of aliphatic hydroxyl groups excluding tert-OH is 1. The molecule has 0 aliphatic heterocycles. The molecule has 0 saturated heterocycles. The van der Waals surface area contributed by atoms with Crippen molar-refractivity contribution < 1.29 is 13.5 Å². The van der Waals surface area contributed by atoms with Gasteiger partial charge >= 0.3 is 0 Å². The summed E-state index contributed by atoms with van der Waals surface area (Å²) in [5, 5.41) is 18.1. The second-order valence-corrected chi connectivity index (χ2v) is 9.31. The van der Waals surface area contributed by atoms with Gasteiger partial charge < -0.3 is 15.7 Å². The number of nitrogens with zero attached hydrogens (tertiary/aromatic N) is 1. The Balaban J connectivity index is 1.79. The molecular weight excluding hydrogens is 382 g/mol. The van der Waals surface area contributed by atoms with Gasteiger partial charge in [-0.15, -0.1) is 11.3 Å². The van der Waals surface area contributed by atoms with Gasteiger partial charge in [-0.25, -0.2) is 8.42 Å². The van der Waals surface area contributed by atoms with Crippen LogP contribution in [0, 0.1) is 0 Å². The first-order valence-corrected chi connectivity index (χ1v) is 11.5. The molecule has 8 heteroatoms. The molecule has 0 saturated carbocycles. The van der Waals surface area contributed by atoms with E-state index < -0.39 is 15.9 Å². The Morgan fingerprint density at radius 3 is 2.63 bits per heavy atom. The summed E-state index contributed by atoms with van der Waals surface area (Å²) in [5.74, 6) is 0.253. The van der Waals surface area contributed by atoms with Crippen molar-refractivity contribution in [2.75, 3.05) is 25.4 Å². The summed E-state index contributed by atoms with van der Waals surface area (Å²) in [5.41, 5.74) is 1.29. The van der Waals surface area contributed by atoms with Gasteiger partial charge in [0.15, 0.2) is 15.8 Å².